The summed E-state index contributed by atoms with van der Waals surface area (Å²) in [5.41, 5.74) is 2.97. The third-order valence-corrected chi connectivity index (χ3v) is 4.22. The van der Waals surface area contributed by atoms with Crippen LogP contribution in [0.25, 0.3) is 0 Å². The monoisotopic (exact) mass is 324 g/mol. The molecule has 5 atom stereocenters. The maximum atomic E-state index is 12.0. The van der Waals surface area contributed by atoms with Crippen LogP contribution in [-0.2, 0) is 9.47 Å². The normalized spacial score (nSPS) is 32.6. The summed E-state index contributed by atoms with van der Waals surface area (Å²) in [6, 6.07) is 6.36. The van der Waals surface area contributed by atoms with E-state index >= 15 is 0 Å². The Balaban J connectivity index is 1.49. The van der Waals surface area contributed by atoms with Gasteiger partial charge >= 0.3 is 0 Å². The highest BCUT2D eigenvalue weighted by molar-refractivity contribution is 5.94. The quantitative estimate of drug-likeness (QED) is 0.463. The Labute approximate surface area is 133 Å². The summed E-state index contributed by atoms with van der Waals surface area (Å²) in [5, 5.41) is 30.5. The summed E-state index contributed by atoms with van der Waals surface area (Å²) in [5.74, 6) is -0.246. The molecule has 0 aromatic heterocycles. The number of rotatable bonds is 5. The number of anilines is 1. The molecule has 0 spiro atoms. The summed E-state index contributed by atoms with van der Waals surface area (Å²) in [6.45, 7) is 0.0727. The van der Waals surface area contributed by atoms with E-state index in [0.29, 0.717) is 24.2 Å². The molecule has 0 radical (unpaired) electrons. The van der Waals surface area contributed by atoms with Gasteiger partial charge in [0, 0.05) is 18.5 Å². The smallest absolute Gasteiger partial charge is 0.251 e. The molecule has 126 valence electrons. The van der Waals surface area contributed by atoms with Crippen molar-refractivity contribution in [1.82, 2.24) is 5.32 Å². The number of carbonyl (C=O) groups excluding carboxylic acids is 1. The lowest BCUT2D eigenvalue weighted by molar-refractivity contribution is -0.0511. The van der Waals surface area contributed by atoms with Crippen molar-refractivity contribution in [2.24, 2.45) is 0 Å². The maximum absolute atomic E-state index is 12.0. The fraction of sp³-hybridized carbons (Fsp3) is 0.533. The minimum absolute atomic E-state index is 0.235. The van der Waals surface area contributed by atoms with Gasteiger partial charge in [-0.15, -0.1) is 0 Å². The summed E-state index contributed by atoms with van der Waals surface area (Å²) < 4.78 is 11.2. The first-order valence-electron chi connectivity index (χ1n) is 7.50. The van der Waals surface area contributed by atoms with Gasteiger partial charge in [-0.2, -0.15) is 0 Å². The van der Waals surface area contributed by atoms with Crippen LogP contribution in [0.2, 0.25) is 0 Å². The molecule has 0 unspecified atom stereocenters. The Morgan fingerprint density at radius 1 is 1.26 bits per heavy atom. The van der Waals surface area contributed by atoms with Crippen LogP contribution in [-0.4, -0.2) is 65.0 Å². The summed E-state index contributed by atoms with van der Waals surface area (Å²) in [6.07, 6.45) is -1.82. The van der Waals surface area contributed by atoms with Gasteiger partial charge in [0.1, 0.15) is 18.3 Å². The van der Waals surface area contributed by atoms with Gasteiger partial charge in [-0.3, -0.25) is 15.5 Å². The topological polar surface area (TPSA) is 120 Å². The van der Waals surface area contributed by atoms with Crippen LogP contribution in [0, 0.1) is 0 Å². The highest BCUT2D eigenvalue weighted by Gasteiger charge is 2.50. The minimum atomic E-state index is -0.843. The number of aliphatic hydroxyl groups excluding tert-OH is 2. The number of fused-ring (bicyclic) bond motifs is 1. The van der Waals surface area contributed by atoms with Crippen molar-refractivity contribution in [3.05, 3.63) is 29.8 Å². The molecule has 0 bridgehead atoms. The lowest BCUT2D eigenvalue weighted by Crippen LogP contribution is -2.37. The molecule has 8 heteroatoms. The molecule has 5 N–H and O–H groups in total. The van der Waals surface area contributed by atoms with Crippen LogP contribution in [0.3, 0.4) is 0 Å². The Bertz CT molecular complexity index is 551. The molecule has 8 nitrogen and oxygen atoms in total. The molecule has 1 aromatic carbocycles. The average molecular weight is 324 g/mol. The zero-order chi connectivity index (χ0) is 16.4. The van der Waals surface area contributed by atoms with Gasteiger partial charge in [0.05, 0.1) is 24.5 Å². The molecule has 2 fully saturated rings. The van der Waals surface area contributed by atoms with Crippen molar-refractivity contribution in [1.29, 1.82) is 0 Å². The number of carbonyl (C=O) groups is 1. The van der Waals surface area contributed by atoms with Gasteiger partial charge in [0.15, 0.2) is 0 Å². The van der Waals surface area contributed by atoms with E-state index in [-0.39, 0.29) is 24.7 Å². The van der Waals surface area contributed by atoms with E-state index in [2.05, 4.69) is 5.32 Å². The van der Waals surface area contributed by atoms with Crippen molar-refractivity contribution in [2.75, 3.05) is 18.6 Å². The lowest BCUT2D eigenvalue weighted by atomic mass is 10.1. The second kappa shape index (κ2) is 6.81. The van der Waals surface area contributed by atoms with E-state index in [1.165, 1.54) is 0 Å². The fourth-order valence-electron chi connectivity index (χ4n) is 3.00. The predicted octanol–water partition coefficient (Wildman–Crippen LogP) is -0.504. The summed E-state index contributed by atoms with van der Waals surface area (Å²) in [4.78, 5) is 12.0. The third-order valence-electron chi connectivity index (χ3n) is 4.22. The van der Waals surface area contributed by atoms with E-state index in [4.69, 9.17) is 19.8 Å². The number of ether oxygens (including phenoxy) is 2. The van der Waals surface area contributed by atoms with E-state index < -0.39 is 18.3 Å². The number of nitrogens with one attached hydrogen (secondary N) is 2. The van der Waals surface area contributed by atoms with E-state index in [9.17, 15) is 9.90 Å². The van der Waals surface area contributed by atoms with Gasteiger partial charge < -0.3 is 25.0 Å². The zero-order valence-corrected chi connectivity index (χ0v) is 12.4. The van der Waals surface area contributed by atoms with Gasteiger partial charge in [-0.1, -0.05) is 0 Å². The first kappa shape index (κ1) is 16.2. The highest BCUT2D eigenvalue weighted by atomic mass is 16.6. The van der Waals surface area contributed by atoms with Gasteiger partial charge in [-0.25, -0.2) is 0 Å². The van der Waals surface area contributed by atoms with Crippen LogP contribution >= 0.6 is 0 Å². The molecule has 2 aliphatic rings. The molecule has 2 aliphatic heterocycles. The zero-order valence-electron chi connectivity index (χ0n) is 12.4. The fourth-order valence-corrected chi connectivity index (χ4v) is 3.00. The standard InChI is InChI=1S/C15H20N2O6/c18-7-12-13(19)14-11(23-12)5-10(22-14)6-16-15(20)8-1-3-9(17-21)4-2-8/h1-4,10-14,17-19,21H,5-7H2,(H,16,20)/t10-,11+,12-,13-,14-/m1/s1. The van der Waals surface area contributed by atoms with E-state index in [1.54, 1.807) is 24.3 Å². The van der Waals surface area contributed by atoms with Crippen molar-refractivity contribution in [2.45, 2.75) is 36.9 Å². The molecule has 3 rings (SSSR count). The van der Waals surface area contributed by atoms with Crippen molar-refractivity contribution < 1.29 is 29.7 Å². The Morgan fingerprint density at radius 2 is 2.00 bits per heavy atom. The first-order valence-corrected chi connectivity index (χ1v) is 7.50. The Hall–Kier alpha value is -1.71. The highest BCUT2D eigenvalue weighted by Crippen LogP contribution is 2.34. The molecule has 1 amide bonds. The van der Waals surface area contributed by atoms with Crippen molar-refractivity contribution in [3.63, 3.8) is 0 Å². The summed E-state index contributed by atoms with van der Waals surface area (Å²) in [7, 11) is 0. The predicted molar refractivity (Wildman–Crippen MR) is 79.2 cm³/mol. The van der Waals surface area contributed by atoms with Crippen LogP contribution in [0.1, 0.15) is 16.8 Å². The molecule has 0 aliphatic carbocycles. The van der Waals surface area contributed by atoms with Gasteiger partial charge in [0.25, 0.3) is 5.91 Å². The van der Waals surface area contributed by atoms with Crippen LogP contribution in [0.15, 0.2) is 24.3 Å². The third kappa shape index (κ3) is 3.31. The molecule has 0 saturated carbocycles. The average Bonchev–Trinajstić information content (AvgIpc) is 3.11. The first-order chi connectivity index (χ1) is 11.1. The number of aliphatic hydroxyl groups is 2. The Kier molecular flexibility index (Phi) is 4.79. The minimum Gasteiger partial charge on any atom is -0.394 e. The van der Waals surface area contributed by atoms with E-state index in [0.717, 1.165) is 0 Å². The largest absolute Gasteiger partial charge is 0.394 e. The molecule has 23 heavy (non-hydrogen) atoms. The lowest BCUT2D eigenvalue weighted by Gasteiger charge is -2.18. The SMILES string of the molecule is O=C(NC[C@H]1C[C@@H]2O[C@H](CO)[C@@H](O)[C@@H]2O1)c1ccc(NO)cc1. The second-order valence-corrected chi connectivity index (χ2v) is 5.74. The molecule has 2 heterocycles. The Morgan fingerprint density at radius 3 is 2.61 bits per heavy atom. The van der Waals surface area contributed by atoms with Crippen molar-refractivity contribution in [3.8, 4) is 0 Å². The number of hydrogen-bond acceptors (Lipinski definition) is 7. The molecular formula is C15H20N2O6. The van der Waals surface area contributed by atoms with Crippen LogP contribution in [0.4, 0.5) is 5.69 Å². The molecule has 1 aromatic rings. The number of amides is 1. The molecule has 2 saturated heterocycles. The number of benzene rings is 1. The van der Waals surface area contributed by atoms with E-state index in [1.807, 2.05) is 5.48 Å². The summed E-state index contributed by atoms with van der Waals surface area (Å²) >= 11 is 0. The van der Waals surface area contributed by atoms with Gasteiger partial charge in [0.2, 0.25) is 0 Å². The van der Waals surface area contributed by atoms with Crippen molar-refractivity contribution >= 4 is 11.6 Å². The van der Waals surface area contributed by atoms with Gasteiger partial charge in [-0.05, 0) is 24.3 Å². The molecular weight excluding hydrogens is 304 g/mol. The maximum Gasteiger partial charge on any atom is 0.251 e. The van der Waals surface area contributed by atoms with Crippen LogP contribution in [0.5, 0.6) is 0 Å². The number of hydrogen-bond donors (Lipinski definition) is 5. The van der Waals surface area contributed by atoms with Crippen LogP contribution < -0.4 is 10.8 Å². The second-order valence-electron chi connectivity index (χ2n) is 5.74.